The van der Waals surface area contributed by atoms with Crippen LogP contribution in [0.5, 0.6) is 11.5 Å². The van der Waals surface area contributed by atoms with Crippen LogP contribution in [-0.4, -0.2) is 28.0 Å². The number of phenolic OH excluding ortho intramolecular Hbond substituents is 1. The quantitative estimate of drug-likeness (QED) is 0.0699. The van der Waals surface area contributed by atoms with Gasteiger partial charge in [-0.2, -0.15) is 18.3 Å². The Balaban J connectivity index is 1.59. The highest BCUT2D eigenvalue weighted by Gasteiger charge is 2.39. The lowest BCUT2D eigenvalue weighted by Gasteiger charge is -2.20. The van der Waals surface area contributed by atoms with Crippen molar-refractivity contribution in [1.29, 1.82) is 0 Å². The highest BCUT2D eigenvalue weighted by Crippen LogP contribution is 2.42. The zero-order chi connectivity index (χ0) is 32.1. The molecule has 1 aliphatic rings. The number of carbonyl (C=O) groups excluding carboxylic acids is 1. The van der Waals surface area contributed by atoms with Gasteiger partial charge in [-0.15, -0.1) is 0 Å². The summed E-state index contributed by atoms with van der Waals surface area (Å²) in [4.78, 5) is 25.4. The second kappa shape index (κ2) is 10.9. The number of anilines is 3. The van der Waals surface area contributed by atoms with Crippen LogP contribution < -0.4 is 15.1 Å². The Morgan fingerprint density at radius 3 is 2.25 bits per heavy atom. The molecule has 1 amide bonds. The van der Waals surface area contributed by atoms with E-state index in [0.717, 1.165) is 53.4 Å². The normalized spacial score (nSPS) is 13.8. The van der Waals surface area contributed by atoms with E-state index in [1.807, 2.05) is 0 Å². The van der Waals surface area contributed by atoms with Crippen LogP contribution in [-0.2, 0) is 11.0 Å². The number of ether oxygens (including phenoxy) is 1. The highest BCUT2D eigenvalue weighted by atomic mass is 19.4. The number of aryl methyl sites for hydroxylation is 2. The average molecular weight is 615 g/mol. The summed E-state index contributed by atoms with van der Waals surface area (Å²) in [5.74, 6) is -4.80. The van der Waals surface area contributed by atoms with Crippen LogP contribution in [0.4, 0.5) is 48.2 Å². The van der Waals surface area contributed by atoms with E-state index in [-0.39, 0.29) is 39.2 Å². The molecule has 0 atom stereocenters. The minimum absolute atomic E-state index is 0.0414. The number of carbonyl (C=O) groups is 2. The number of halogens is 6. The van der Waals surface area contributed by atoms with E-state index in [1.165, 1.54) is 26.0 Å². The van der Waals surface area contributed by atoms with Gasteiger partial charge in [-0.05, 0) is 79.1 Å². The van der Waals surface area contributed by atoms with Crippen molar-refractivity contribution in [2.24, 2.45) is 5.10 Å². The van der Waals surface area contributed by atoms with Crippen LogP contribution in [0.3, 0.4) is 0 Å². The van der Waals surface area contributed by atoms with Crippen LogP contribution in [0.1, 0.15) is 22.3 Å². The Kier molecular flexibility index (Phi) is 7.45. The number of amides is 1. The topological polar surface area (TPSA) is 111 Å². The number of carboxylic acid groups (broad SMARTS) is 1. The maximum absolute atomic E-state index is 14.6. The number of rotatable bonds is 5. The lowest BCUT2D eigenvalue weighted by molar-refractivity contribution is -0.137. The van der Waals surface area contributed by atoms with Gasteiger partial charge in [0.25, 0.3) is 5.91 Å². The third kappa shape index (κ3) is 5.48. The lowest BCUT2D eigenvalue weighted by atomic mass is 10.0. The number of alkyl halides is 3. The van der Waals surface area contributed by atoms with Gasteiger partial charge in [0, 0.05) is 17.2 Å². The third-order valence-electron chi connectivity index (χ3n) is 6.71. The van der Waals surface area contributed by atoms with Crippen LogP contribution in [0, 0.1) is 31.3 Å². The fourth-order valence-corrected chi connectivity index (χ4v) is 4.70. The molecule has 0 spiro atoms. The molecule has 0 aliphatic carbocycles. The SMILES string of the molecule is Cc1cc(N2C(=O)C(=NNc3cc(F)cc(-c4ccc(F)c(OC(=O)O)c4)c3O)c3ccc(C(F)(F)F)cc32)cc(C)c1F. The Morgan fingerprint density at radius 1 is 0.932 bits per heavy atom. The largest absolute Gasteiger partial charge is 0.511 e. The molecule has 0 saturated carbocycles. The maximum Gasteiger partial charge on any atom is 0.511 e. The van der Waals surface area contributed by atoms with Crippen molar-refractivity contribution in [3.05, 3.63) is 100 Å². The van der Waals surface area contributed by atoms with Crippen LogP contribution in [0.2, 0.25) is 0 Å². The summed E-state index contributed by atoms with van der Waals surface area (Å²) in [5, 5.41) is 23.7. The predicted octanol–water partition coefficient (Wildman–Crippen LogP) is 7.66. The van der Waals surface area contributed by atoms with Crippen LogP contribution >= 0.6 is 0 Å². The number of nitrogens with zero attached hydrogens (tertiary/aromatic N) is 2. The monoisotopic (exact) mass is 615 g/mol. The van der Waals surface area contributed by atoms with Gasteiger partial charge >= 0.3 is 12.3 Å². The summed E-state index contributed by atoms with van der Waals surface area (Å²) < 4.78 is 88.1. The van der Waals surface area contributed by atoms with Gasteiger partial charge in [0.1, 0.15) is 23.1 Å². The fraction of sp³-hybridized carbons (Fsp3) is 0.100. The molecule has 0 radical (unpaired) electrons. The molecular weight excluding hydrogens is 596 g/mol. The molecule has 8 nitrogen and oxygen atoms in total. The zero-order valence-electron chi connectivity index (χ0n) is 22.6. The van der Waals surface area contributed by atoms with Gasteiger partial charge in [0.2, 0.25) is 0 Å². The summed E-state index contributed by atoms with van der Waals surface area (Å²) in [5.41, 5.74) is 0.312. The summed E-state index contributed by atoms with van der Waals surface area (Å²) in [6, 6.07) is 9.62. The first-order chi connectivity index (χ1) is 20.6. The minimum atomic E-state index is -4.75. The summed E-state index contributed by atoms with van der Waals surface area (Å²) in [6.45, 7) is 2.86. The molecule has 14 heteroatoms. The van der Waals surface area contributed by atoms with Gasteiger partial charge in [-0.1, -0.05) is 6.07 Å². The maximum atomic E-state index is 14.6. The van der Waals surface area contributed by atoms with Gasteiger partial charge < -0.3 is 14.9 Å². The van der Waals surface area contributed by atoms with Crippen LogP contribution in [0.15, 0.2) is 65.8 Å². The molecule has 44 heavy (non-hydrogen) atoms. The second-order valence-electron chi connectivity index (χ2n) is 9.70. The molecule has 226 valence electrons. The molecule has 0 fully saturated rings. The molecule has 0 aromatic heterocycles. The van der Waals surface area contributed by atoms with E-state index >= 15 is 0 Å². The number of hydrogen-bond acceptors (Lipinski definition) is 6. The van der Waals surface area contributed by atoms with Gasteiger partial charge in [-0.3, -0.25) is 15.1 Å². The van der Waals surface area contributed by atoms with E-state index in [4.69, 9.17) is 5.11 Å². The molecule has 4 aromatic rings. The van der Waals surface area contributed by atoms with E-state index < -0.39 is 64.2 Å². The van der Waals surface area contributed by atoms with Gasteiger partial charge in [0.05, 0.1) is 16.9 Å². The molecule has 0 bridgehead atoms. The average Bonchev–Trinajstić information content (AvgIpc) is 3.22. The van der Waals surface area contributed by atoms with E-state index in [0.29, 0.717) is 0 Å². The first-order valence-corrected chi connectivity index (χ1v) is 12.6. The van der Waals surface area contributed by atoms with E-state index in [9.17, 15) is 41.0 Å². The second-order valence-corrected chi connectivity index (χ2v) is 9.70. The minimum Gasteiger partial charge on any atom is -0.505 e. The number of nitrogens with one attached hydrogen (secondary N) is 1. The Morgan fingerprint density at radius 2 is 1.61 bits per heavy atom. The van der Waals surface area contributed by atoms with Crippen LogP contribution in [0.25, 0.3) is 11.1 Å². The number of benzene rings is 4. The van der Waals surface area contributed by atoms with Crippen molar-refractivity contribution in [1.82, 2.24) is 0 Å². The van der Waals surface area contributed by atoms with Crippen molar-refractivity contribution >= 4 is 34.8 Å². The summed E-state index contributed by atoms with van der Waals surface area (Å²) >= 11 is 0. The summed E-state index contributed by atoms with van der Waals surface area (Å²) in [6.07, 6.45) is -6.57. The number of hydrazone groups is 1. The highest BCUT2D eigenvalue weighted by molar-refractivity contribution is 6.55. The first kappa shape index (κ1) is 29.9. The molecule has 1 heterocycles. The smallest absolute Gasteiger partial charge is 0.505 e. The van der Waals surface area contributed by atoms with E-state index in [1.54, 1.807) is 0 Å². The molecular formula is C30H19F6N3O5. The molecule has 5 rings (SSSR count). The standard InChI is InChI=1S/C30H19F6N3O5/c1-13-7-18(8-14(2)25(13)33)39-23-10-16(30(34,35)36)4-5-19(23)26(28(39)41)38-37-22-12-17(31)11-20(27(22)40)15-3-6-21(32)24(9-15)44-29(42)43/h3-12,37,40H,1-2H3,(H,42,43). The van der Waals surface area contributed by atoms with Gasteiger partial charge in [0.15, 0.2) is 17.3 Å². The molecule has 4 aromatic carbocycles. The van der Waals surface area contributed by atoms with Crippen molar-refractivity contribution in [2.75, 3.05) is 10.3 Å². The number of phenols is 1. The molecule has 0 saturated heterocycles. The van der Waals surface area contributed by atoms with E-state index in [2.05, 4.69) is 15.3 Å². The number of fused-ring (bicyclic) bond motifs is 1. The number of hydrogen-bond donors (Lipinski definition) is 3. The van der Waals surface area contributed by atoms with Crippen molar-refractivity contribution < 1.29 is 50.9 Å². The number of aromatic hydroxyl groups is 1. The predicted molar refractivity (Wildman–Crippen MR) is 147 cm³/mol. The van der Waals surface area contributed by atoms with Crippen molar-refractivity contribution in [3.63, 3.8) is 0 Å². The first-order valence-electron chi connectivity index (χ1n) is 12.6. The zero-order valence-corrected chi connectivity index (χ0v) is 22.6. The molecule has 0 unspecified atom stereocenters. The lowest BCUT2D eigenvalue weighted by Crippen LogP contribution is -2.26. The fourth-order valence-electron chi connectivity index (χ4n) is 4.70. The van der Waals surface area contributed by atoms with Gasteiger partial charge in [-0.25, -0.2) is 18.0 Å². The van der Waals surface area contributed by atoms with Crippen molar-refractivity contribution in [3.8, 4) is 22.6 Å². The Hall–Kier alpha value is -5.53. The van der Waals surface area contributed by atoms with Crippen molar-refractivity contribution in [2.45, 2.75) is 20.0 Å². The third-order valence-corrected chi connectivity index (χ3v) is 6.71. The Labute approximate surface area is 244 Å². The Bertz CT molecular complexity index is 1870. The molecule has 3 N–H and O–H groups in total. The summed E-state index contributed by atoms with van der Waals surface area (Å²) in [7, 11) is 0. The molecule has 1 aliphatic heterocycles.